The van der Waals surface area contributed by atoms with E-state index in [1.165, 1.54) is 0 Å². The van der Waals surface area contributed by atoms with E-state index in [-0.39, 0.29) is 0 Å². The zero-order valence-electron chi connectivity index (χ0n) is 19.0. The number of anilines is 1. The highest BCUT2D eigenvalue weighted by atomic mass is 16.3. The first-order valence-corrected chi connectivity index (χ1v) is 10.9. The molecule has 0 aromatic carbocycles. The molecule has 4 heterocycles. The summed E-state index contributed by atoms with van der Waals surface area (Å²) in [6, 6.07) is 8.05. The summed E-state index contributed by atoms with van der Waals surface area (Å²) in [4.78, 5) is 13.9. The molecule has 7 heteroatoms. The van der Waals surface area contributed by atoms with Crippen molar-refractivity contribution in [3.05, 3.63) is 78.5 Å². The van der Waals surface area contributed by atoms with Crippen molar-refractivity contribution in [1.82, 2.24) is 24.6 Å². The first-order chi connectivity index (χ1) is 15.6. The maximum absolute atomic E-state index is 6.03. The highest BCUT2D eigenvalue weighted by Crippen LogP contribution is 2.25. The highest BCUT2D eigenvalue weighted by molar-refractivity contribution is 5.72. The van der Waals surface area contributed by atoms with Crippen LogP contribution in [0.1, 0.15) is 24.1 Å². The number of hydrogen-bond donors (Lipinski definition) is 0. The zero-order valence-corrected chi connectivity index (χ0v) is 19.0. The van der Waals surface area contributed by atoms with Crippen LogP contribution in [0.25, 0.3) is 17.2 Å². The van der Waals surface area contributed by atoms with Gasteiger partial charge in [-0.15, -0.1) is 5.10 Å². The van der Waals surface area contributed by atoms with Gasteiger partial charge >= 0.3 is 0 Å². The van der Waals surface area contributed by atoms with Crippen molar-refractivity contribution in [2.24, 2.45) is 0 Å². The maximum Gasteiger partial charge on any atom is 0.217 e. The van der Waals surface area contributed by atoms with Crippen molar-refractivity contribution >= 4 is 11.4 Å². The van der Waals surface area contributed by atoms with Gasteiger partial charge in [-0.25, -0.2) is 14.6 Å². The molecule has 3 aromatic heterocycles. The fourth-order valence-corrected chi connectivity index (χ4v) is 3.72. The predicted molar refractivity (Wildman–Crippen MR) is 128 cm³/mol. The third kappa shape index (κ3) is 4.89. The average Bonchev–Trinajstić information content (AvgIpc) is 3.42. The minimum absolute atomic E-state index is 0.588. The molecule has 0 spiro atoms. The van der Waals surface area contributed by atoms with Gasteiger partial charge < -0.3 is 14.2 Å². The second-order valence-corrected chi connectivity index (χ2v) is 7.96. The second-order valence-electron chi connectivity index (χ2n) is 7.96. The summed E-state index contributed by atoms with van der Waals surface area (Å²) < 4.78 is 7.94. The number of piperazine rings is 1. The van der Waals surface area contributed by atoms with Crippen LogP contribution in [0.5, 0.6) is 0 Å². The topological polar surface area (TPSA) is 63.2 Å². The van der Waals surface area contributed by atoms with Gasteiger partial charge in [-0.05, 0) is 50.7 Å². The SMILES string of the molecule is C=C/C=C\C(=C/C)c1ccc(-c2nc(C)n(Cc3ccnc(N4CCN(C)CC4)c3)n2)o1. The molecule has 1 fully saturated rings. The summed E-state index contributed by atoms with van der Waals surface area (Å²) in [6.45, 7) is 12.4. The molecule has 0 amide bonds. The van der Waals surface area contributed by atoms with Crippen LogP contribution in [0, 0.1) is 6.92 Å². The number of likely N-dealkylation sites (N-methyl/N-ethyl adjacent to an activating group) is 1. The van der Waals surface area contributed by atoms with Crippen LogP contribution in [0.4, 0.5) is 5.82 Å². The molecular weight excluding hydrogens is 400 g/mol. The Morgan fingerprint density at radius 2 is 2.00 bits per heavy atom. The Kier molecular flexibility index (Phi) is 6.66. The van der Waals surface area contributed by atoms with Gasteiger partial charge in [-0.1, -0.05) is 30.9 Å². The van der Waals surface area contributed by atoms with Gasteiger partial charge in [0.15, 0.2) is 5.76 Å². The zero-order chi connectivity index (χ0) is 22.5. The Morgan fingerprint density at radius 1 is 1.19 bits per heavy atom. The summed E-state index contributed by atoms with van der Waals surface area (Å²) in [5, 5.41) is 4.71. The van der Waals surface area contributed by atoms with Crippen molar-refractivity contribution < 1.29 is 4.42 Å². The summed E-state index contributed by atoms with van der Waals surface area (Å²) >= 11 is 0. The quantitative estimate of drug-likeness (QED) is 0.524. The predicted octanol–water partition coefficient (Wildman–Crippen LogP) is 4.19. The Labute approximate surface area is 189 Å². The van der Waals surface area contributed by atoms with E-state index >= 15 is 0 Å². The van der Waals surface area contributed by atoms with E-state index in [4.69, 9.17) is 9.52 Å². The molecule has 1 aliphatic heterocycles. The standard InChI is InChI=1S/C25H30N6O/c1-5-7-8-21(6-2)22-9-10-23(32-22)25-27-19(3)31(28-25)18-20-11-12-26-24(17-20)30-15-13-29(4)14-16-30/h5-12,17H,1,13-16,18H2,2-4H3/b8-7-,21-6+. The third-order valence-corrected chi connectivity index (χ3v) is 5.66. The Bertz CT molecular complexity index is 1130. The summed E-state index contributed by atoms with van der Waals surface area (Å²) in [7, 11) is 2.16. The lowest BCUT2D eigenvalue weighted by Crippen LogP contribution is -2.44. The first kappa shape index (κ1) is 21.8. The van der Waals surface area contributed by atoms with E-state index < -0.39 is 0 Å². The minimum Gasteiger partial charge on any atom is -0.453 e. The molecule has 0 N–H and O–H groups in total. The number of allylic oxidation sites excluding steroid dienone is 5. The molecule has 4 rings (SSSR count). The third-order valence-electron chi connectivity index (χ3n) is 5.66. The van der Waals surface area contributed by atoms with Crippen LogP contribution in [0.3, 0.4) is 0 Å². The average molecular weight is 431 g/mol. The molecule has 0 unspecified atom stereocenters. The van der Waals surface area contributed by atoms with E-state index in [1.54, 1.807) is 6.08 Å². The highest BCUT2D eigenvalue weighted by Gasteiger charge is 2.17. The van der Waals surface area contributed by atoms with Crippen LogP contribution in [-0.2, 0) is 6.54 Å². The monoisotopic (exact) mass is 430 g/mol. The number of furan rings is 1. The van der Waals surface area contributed by atoms with E-state index in [9.17, 15) is 0 Å². The summed E-state index contributed by atoms with van der Waals surface area (Å²) in [6.07, 6.45) is 9.48. The van der Waals surface area contributed by atoms with Crippen LogP contribution >= 0.6 is 0 Å². The summed E-state index contributed by atoms with van der Waals surface area (Å²) in [5.41, 5.74) is 2.14. The van der Waals surface area contributed by atoms with Crippen LogP contribution in [0.15, 0.2) is 65.8 Å². The number of aryl methyl sites for hydroxylation is 1. The van der Waals surface area contributed by atoms with Gasteiger partial charge in [0.2, 0.25) is 5.82 Å². The van der Waals surface area contributed by atoms with E-state index in [2.05, 4.69) is 39.5 Å². The molecule has 0 saturated carbocycles. The molecular formula is C25H30N6O. The minimum atomic E-state index is 0.588. The fraction of sp³-hybridized carbons (Fsp3) is 0.320. The number of aromatic nitrogens is 4. The molecule has 7 nitrogen and oxygen atoms in total. The Morgan fingerprint density at radius 3 is 2.75 bits per heavy atom. The van der Waals surface area contributed by atoms with Gasteiger partial charge in [-0.2, -0.15) is 0 Å². The largest absolute Gasteiger partial charge is 0.453 e. The van der Waals surface area contributed by atoms with Gasteiger partial charge in [0, 0.05) is 37.9 Å². The van der Waals surface area contributed by atoms with E-state index in [0.29, 0.717) is 18.1 Å². The molecule has 1 aliphatic rings. The van der Waals surface area contributed by atoms with Crippen LogP contribution < -0.4 is 4.90 Å². The molecule has 0 aliphatic carbocycles. The fourth-order valence-electron chi connectivity index (χ4n) is 3.72. The Balaban J connectivity index is 1.51. The normalized spacial score (nSPS) is 15.6. The van der Waals surface area contributed by atoms with Gasteiger partial charge in [0.25, 0.3) is 0 Å². The molecule has 32 heavy (non-hydrogen) atoms. The number of pyridine rings is 1. The molecule has 3 aromatic rings. The molecule has 0 atom stereocenters. The lowest BCUT2D eigenvalue weighted by Gasteiger charge is -2.33. The van der Waals surface area contributed by atoms with Crippen molar-refractivity contribution in [3.63, 3.8) is 0 Å². The number of nitrogens with zero attached hydrogens (tertiary/aromatic N) is 6. The van der Waals surface area contributed by atoms with Crippen molar-refractivity contribution in [1.29, 1.82) is 0 Å². The van der Waals surface area contributed by atoms with Gasteiger partial charge in [0.05, 0.1) is 6.54 Å². The van der Waals surface area contributed by atoms with Gasteiger partial charge in [0.1, 0.15) is 17.4 Å². The second kappa shape index (κ2) is 9.78. The van der Waals surface area contributed by atoms with E-state index in [1.807, 2.05) is 61.2 Å². The van der Waals surface area contributed by atoms with Crippen molar-refractivity contribution in [2.45, 2.75) is 20.4 Å². The maximum atomic E-state index is 6.03. The van der Waals surface area contributed by atoms with Gasteiger partial charge in [-0.3, -0.25) is 0 Å². The first-order valence-electron chi connectivity index (χ1n) is 10.9. The van der Waals surface area contributed by atoms with Crippen molar-refractivity contribution in [3.8, 4) is 11.6 Å². The molecule has 0 radical (unpaired) electrons. The summed E-state index contributed by atoms with van der Waals surface area (Å²) in [5.74, 6) is 3.89. The van der Waals surface area contributed by atoms with Crippen LogP contribution in [-0.4, -0.2) is 57.9 Å². The lowest BCUT2D eigenvalue weighted by atomic mass is 10.2. The van der Waals surface area contributed by atoms with E-state index in [0.717, 1.165) is 54.7 Å². The molecule has 1 saturated heterocycles. The molecule has 166 valence electrons. The number of rotatable bonds is 7. The smallest absolute Gasteiger partial charge is 0.217 e. The number of hydrogen-bond acceptors (Lipinski definition) is 6. The Hall–Kier alpha value is -3.45. The van der Waals surface area contributed by atoms with Crippen LogP contribution in [0.2, 0.25) is 0 Å². The molecule has 0 bridgehead atoms. The lowest BCUT2D eigenvalue weighted by molar-refractivity contribution is 0.312. The van der Waals surface area contributed by atoms with Crippen molar-refractivity contribution in [2.75, 3.05) is 38.1 Å².